The van der Waals surface area contributed by atoms with Gasteiger partial charge in [-0.3, -0.25) is 19.5 Å². The summed E-state index contributed by atoms with van der Waals surface area (Å²) < 4.78 is 1.93. The van der Waals surface area contributed by atoms with E-state index in [9.17, 15) is 9.59 Å². The lowest BCUT2D eigenvalue weighted by atomic mass is 10.1. The third-order valence-electron chi connectivity index (χ3n) is 5.22. The molecule has 1 N–H and O–H groups in total. The quantitative estimate of drug-likeness (QED) is 0.548. The minimum atomic E-state index is -0.101. The first kappa shape index (κ1) is 21.9. The number of para-hydroxylation sites is 1. The summed E-state index contributed by atoms with van der Waals surface area (Å²) in [7, 11) is 0. The van der Waals surface area contributed by atoms with E-state index >= 15 is 0 Å². The van der Waals surface area contributed by atoms with E-state index in [1.807, 2.05) is 86.1 Å². The Bertz CT molecular complexity index is 1240. The fourth-order valence-electron chi connectivity index (χ4n) is 3.78. The number of benzene rings is 2. The number of rotatable bonds is 6. The highest BCUT2D eigenvalue weighted by Gasteiger charge is 2.32. The number of fused-ring (bicyclic) bond motifs is 1. The molecule has 6 nitrogen and oxygen atoms in total. The van der Waals surface area contributed by atoms with Gasteiger partial charge in [0, 0.05) is 41.4 Å². The zero-order chi connectivity index (χ0) is 22.7. The number of hydrogen-bond acceptors (Lipinski definition) is 4. The molecule has 0 aliphatic carbocycles. The minimum Gasteiger partial charge on any atom is -0.337 e. The number of anilines is 1. The van der Waals surface area contributed by atoms with Gasteiger partial charge < -0.3 is 9.88 Å². The second-order valence-electron chi connectivity index (χ2n) is 7.56. The van der Waals surface area contributed by atoms with E-state index in [0.717, 1.165) is 32.9 Å². The lowest BCUT2D eigenvalue weighted by Gasteiger charge is -2.11. The van der Waals surface area contributed by atoms with Gasteiger partial charge in [0.2, 0.25) is 5.91 Å². The lowest BCUT2D eigenvalue weighted by molar-refractivity contribution is -0.122. The Morgan fingerprint density at radius 1 is 1.16 bits per heavy atom. The maximum atomic E-state index is 12.9. The average molecular weight is 447 g/mol. The number of likely N-dealkylation sites (N-methyl/N-ethyl adjacent to an activating group) is 1. The van der Waals surface area contributed by atoms with Crippen molar-refractivity contribution in [1.82, 2.24) is 9.47 Å². The number of thioether (sulfide) groups is 1. The van der Waals surface area contributed by atoms with Crippen LogP contribution in [0.5, 0.6) is 0 Å². The zero-order valence-electron chi connectivity index (χ0n) is 18.5. The van der Waals surface area contributed by atoms with Crippen molar-refractivity contribution < 1.29 is 9.59 Å². The molecule has 1 saturated heterocycles. The number of nitrogens with zero attached hydrogens (tertiary/aromatic N) is 3. The van der Waals surface area contributed by atoms with Crippen LogP contribution in [0.25, 0.3) is 17.0 Å². The molecule has 0 saturated carbocycles. The van der Waals surface area contributed by atoms with Crippen LogP contribution in [-0.4, -0.2) is 39.5 Å². The Morgan fingerprint density at radius 3 is 2.72 bits per heavy atom. The van der Waals surface area contributed by atoms with Crippen molar-refractivity contribution in [2.75, 3.05) is 18.4 Å². The molecule has 0 bridgehead atoms. The number of nitrogens with one attached hydrogen (secondary N) is 1. The molecule has 1 aliphatic heterocycles. The normalized spacial score (nSPS) is 16.5. The standard InChI is InChI=1S/C25H26N4O2S/c1-4-26-25-29(5-2)24(31)22(32-25)14-18-15-28(21-12-7-6-11-20(18)21)16-23(30)27-19-10-8-9-17(3)13-19/h6-15H,4-5,16H2,1-3H3,(H,27,30)/b22-14-,26-25?. The largest absolute Gasteiger partial charge is 0.337 e. The van der Waals surface area contributed by atoms with Gasteiger partial charge in [-0.2, -0.15) is 0 Å². The Morgan fingerprint density at radius 2 is 1.97 bits per heavy atom. The summed E-state index contributed by atoms with van der Waals surface area (Å²) >= 11 is 1.40. The number of amides is 2. The monoisotopic (exact) mass is 446 g/mol. The Labute approximate surface area is 192 Å². The third-order valence-corrected chi connectivity index (χ3v) is 6.26. The predicted molar refractivity (Wildman–Crippen MR) is 133 cm³/mol. The smallest absolute Gasteiger partial charge is 0.266 e. The van der Waals surface area contributed by atoms with Gasteiger partial charge >= 0.3 is 0 Å². The maximum absolute atomic E-state index is 12.9. The molecule has 2 heterocycles. The molecule has 164 valence electrons. The number of aliphatic imine (C=N–C) groups is 1. The van der Waals surface area contributed by atoms with Crippen LogP contribution in [0, 0.1) is 6.92 Å². The molecule has 2 amide bonds. The van der Waals surface area contributed by atoms with E-state index in [4.69, 9.17) is 0 Å². The van der Waals surface area contributed by atoms with Crippen LogP contribution in [0.4, 0.5) is 5.69 Å². The number of aryl methyl sites for hydroxylation is 1. The Kier molecular flexibility index (Phi) is 6.46. The van der Waals surface area contributed by atoms with E-state index in [1.54, 1.807) is 4.90 Å². The molecule has 0 atom stereocenters. The van der Waals surface area contributed by atoms with Crippen LogP contribution in [0.2, 0.25) is 0 Å². The van der Waals surface area contributed by atoms with E-state index in [2.05, 4.69) is 10.3 Å². The van der Waals surface area contributed by atoms with Gasteiger partial charge in [0.25, 0.3) is 5.91 Å². The molecule has 2 aromatic carbocycles. The molecule has 1 aromatic heterocycles. The number of hydrogen-bond donors (Lipinski definition) is 1. The fourth-order valence-corrected chi connectivity index (χ4v) is 4.88. The topological polar surface area (TPSA) is 66.7 Å². The molecule has 1 fully saturated rings. The molecular weight excluding hydrogens is 420 g/mol. The van der Waals surface area contributed by atoms with Gasteiger partial charge in [0.05, 0.1) is 4.91 Å². The molecule has 7 heteroatoms. The maximum Gasteiger partial charge on any atom is 0.266 e. The van der Waals surface area contributed by atoms with Gasteiger partial charge in [-0.15, -0.1) is 0 Å². The SMILES string of the molecule is CCN=C1S/C(=C\c2cn(CC(=O)Nc3cccc(C)c3)c3ccccc23)C(=O)N1CC. The first-order valence-corrected chi connectivity index (χ1v) is 11.5. The van der Waals surface area contributed by atoms with E-state index in [0.29, 0.717) is 18.0 Å². The predicted octanol–water partition coefficient (Wildman–Crippen LogP) is 4.90. The minimum absolute atomic E-state index is 0.0290. The van der Waals surface area contributed by atoms with Crippen LogP contribution in [0.15, 0.2) is 64.6 Å². The highest BCUT2D eigenvalue weighted by Crippen LogP contribution is 2.34. The van der Waals surface area contributed by atoms with Crippen LogP contribution in [-0.2, 0) is 16.1 Å². The summed E-state index contributed by atoms with van der Waals surface area (Å²) in [5.41, 5.74) is 3.73. The average Bonchev–Trinajstić information content (AvgIpc) is 3.25. The number of aromatic nitrogens is 1. The molecule has 4 rings (SSSR count). The van der Waals surface area contributed by atoms with Crippen molar-refractivity contribution in [3.63, 3.8) is 0 Å². The molecule has 1 aliphatic rings. The van der Waals surface area contributed by atoms with E-state index < -0.39 is 0 Å². The first-order valence-electron chi connectivity index (χ1n) is 10.7. The Balaban J connectivity index is 1.63. The molecule has 0 spiro atoms. The summed E-state index contributed by atoms with van der Waals surface area (Å²) in [5, 5.41) is 4.71. The number of carbonyl (C=O) groups excluding carboxylic acids is 2. The van der Waals surface area contributed by atoms with Crippen molar-refractivity contribution in [3.8, 4) is 0 Å². The first-order chi connectivity index (χ1) is 15.5. The summed E-state index contributed by atoms with van der Waals surface area (Å²) in [6.07, 6.45) is 3.84. The second-order valence-corrected chi connectivity index (χ2v) is 8.57. The van der Waals surface area contributed by atoms with Crippen LogP contribution in [0.3, 0.4) is 0 Å². The molecular formula is C25H26N4O2S. The van der Waals surface area contributed by atoms with Crippen LogP contribution >= 0.6 is 11.8 Å². The summed E-state index contributed by atoms with van der Waals surface area (Å²) in [6, 6.07) is 15.7. The van der Waals surface area contributed by atoms with Crippen molar-refractivity contribution in [2.24, 2.45) is 4.99 Å². The number of carbonyl (C=O) groups is 2. The Hall–Kier alpha value is -3.32. The van der Waals surface area contributed by atoms with E-state index in [-0.39, 0.29) is 18.4 Å². The summed E-state index contributed by atoms with van der Waals surface area (Å²) in [6.45, 7) is 7.31. The van der Waals surface area contributed by atoms with Crippen molar-refractivity contribution in [1.29, 1.82) is 0 Å². The van der Waals surface area contributed by atoms with Crippen molar-refractivity contribution in [2.45, 2.75) is 27.3 Å². The molecule has 32 heavy (non-hydrogen) atoms. The van der Waals surface area contributed by atoms with Crippen LogP contribution in [0.1, 0.15) is 25.0 Å². The van der Waals surface area contributed by atoms with Crippen LogP contribution < -0.4 is 5.32 Å². The van der Waals surface area contributed by atoms with Gasteiger partial charge in [-0.05, 0) is 62.4 Å². The highest BCUT2D eigenvalue weighted by molar-refractivity contribution is 8.18. The van der Waals surface area contributed by atoms with Gasteiger partial charge in [0.15, 0.2) is 5.17 Å². The molecule has 3 aromatic rings. The molecule has 0 radical (unpaired) electrons. The summed E-state index contributed by atoms with van der Waals surface area (Å²) in [4.78, 5) is 32.4. The second kappa shape index (κ2) is 9.44. The van der Waals surface area contributed by atoms with E-state index in [1.165, 1.54) is 11.8 Å². The lowest BCUT2D eigenvalue weighted by Crippen LogP contribution is -2.28. The number of amidine groups is 1. The fraction of sp³-hybridized carbons (Fsp3) is 0.240. The van der Waals surface area contributed by atoms with Gasteiger partial charge in [0.1, 0.15) is 6.54 Å². The van der Waals surface area contributed by atoms with Gasteiger partial charge in [-0.1, -0.05) is 30.3 Å². The zero-order valence-corrected chi connectivity index (χ0v) is 19.3. The van der Waals surface area contributed by atoms with Gasteiger partial charge in [-0.25, -0.2) is 0 Å². The summed E-state index contributed by atoms with van der Waals surface area (Å²) in [5.74, 6) is -0.130. The van der Waals surface area contributed by atoms with Crippen molar-refractivity contribution >= 4 is 51.4 Å². The molecule has 0 unspecified atom stereocenters. The van der Waals surface area contributed by atoms with Crippen molar-refractivity contribution in [3.05, 3.63) is 70.8 Å². The highest BCUT2D eigenvalue weighted by atomic mass is 32.2. The third kappa shape index (κ3) is 4.48.